The first-order valence-electron chi connectivity index (χ1n) is 9.88. The first kappa shape index (κ1) is 20.9. The molecule has 2 unspecified atom stereocenters. The van der Waals surface area contributed by atoms with E-state index in [9.17, 15) is 9.59 Å². The molecule has 1 fully saturated rings. The van der Waals surface area contributed by atoms with Crippen LogP contribution in [0.3, 0.4) is 0 Å². The Labute approximate surface area is 170 Å². The summed E-state index contributed by atoms with van der Waals surface area (Å²) in [7, 11) is 1.65. The fourth-order valence-electron chi connectivity index (χ4n) is 3.91. The van der Waals surface area contributed by atoms with Gasteiger partial charge in [-0.1, -0.05) is 37.7 Å². The smallest absolute Gasteiger partial charge is 0.262 e. The number of likely N-dealkylation sites (tertiary alicyclic amines) is 1. The highest BCUT2D eigenvalue weighted by Crippen LogP contribution is 2.23. The molecule has 0 saturated carbocycles. The topological polar surface area (TPSA) is 64.4 Å². The maximum Gasteiger partial charge on any atom is 0.262 e. The second-order valence-corrected chi connectivity index (χ2v) is 8.69. The first-order chi connectivity index (χ1) is 13.5. The average molecular weight is 404 g/mol. The molecular formula is C21H29N3O3S. The number of hydrogen-bond acceptors (Lipinski definition) is 5. The van der Waals surface area contributed by atoms with Gasteiger partial charge < -0.3 is 9.64 Å². The van der Waals surface area contributed by atoms with Crippen LogP contribution in [0.2, 0.25) is 0 Å². The van der Waals surface area contributed by atoms with Gasteiger partial charge in [-0.25, -0.2) is 4.98 Å². The molecule has 1 saturated heterocycles. The van der Waals surface area contributed by atoms with Crippen LogP contribution in [-0.2, 0) is 16.1 Å². The van der Waals surface area contributed by atoms with Crippen molar-refractivity contribution in [2.24, 2.45) is 11.8 Å². The number of methoxy groups -OCH3 is 1. The number of benzene rings is 1. The van der Waals surface area contributed by atoms with Crippen LogP contribution in [0.1, 0.15) is 26.7 Å². The number of hydrogen-bond donors (Lipinski definition) is 0. The van der Waals surface area contributed by atoms with Gasteiger partial charge in [0.15, 0.2) is 5.16 Å². The number of nitrogens with zero attached hydrogens (tertiary/aromatic N) is 3. The number of carbonyl (C=O) groups is 1. The summed E-state index contributed by atoms with van der Waals surface area (Å²) in [5, 5.41) is 1.21. The van der Waals surface area contributed by atoms with Crippen molar-refractivity contribution in [3.63, 3.8) is 0 Å². The van der Waals surface area contributed by atoms with E-state index < -0.39 is 0 Å². The van der Waals surface area contributed by atoms with Gasteiger partial charge in [0.2, 0.25) is 5.91 Å². The van der Waals surface area contributed by atoms with Gasteiger partial charge in [-0.2, -0.15) is 0 Å². The molecule has 2 atom stereocenters. The van der Waals surface area contributed by atoms with Gasteiger partial charge in [0, 0.05) is 33.4 Å². The molecule has 1 amide bonds. The van der Waals surface area contributed by atoms with Crippen LogP contribution >= 0.6 is 11.8 Å². The van der Waals surface area contributed by atoms with Gasteiger partial charge in [-0.3, -0.25) is 14.2 Å². The standard InChI is InChI=1S/C21H29N3O3S/c1-15-11-16(2)13-23(12-15)19(25)14-28-21-22-18-8-5-4-7-17(18)20(26)24(21)9-6-10-27-3/h4-5,7-8,15-16H,6,9-14H2,1-3H3. The lowest BCUT2D eigenvalue weighted by atomic mass is 9.92. The fourth-order valence-corrected chi connectivity index (χ4v) is 4.83. The SMILES string of the molecule is COCCCn1c(SCC(=O)N2CC(C)CC(C)C2)nc2ccccc2c1=O. The minimum Gasteiger partial charge on any atom is -0.385 e. The van der Waals surface area contributed by atoms with E-state index in [1.807, 2.05) is 23.1 Å². The molecule has 2 heterocycles. The zero-order valence-electron chi connectivity index (χ0n) is 16.9. The maximum atomic E-state index is 12.9. The maximum absolute atomic E-state index is 12.9. The molecule has 0 radical (unpaired) electrons. The summed E-state index contributed by atoms with van der Waals surface area (Å²) >= 11 is 1.36. The molecule has 0 spiro atoms. The summed E-state index contributed by atoms with van der Waals surface area (Å²) in [5.41, 5.74) is 0.613. The molecule has 1 aromatic carbocycles. The number of aromatic nitrogens is 2. The molecule has 0 bridgehead atoms. The molecule has 152 valence electrons. The molecule has 3 rings (SSSR count). The van der Waals surface area contributed by atoms with E-state index in [0.29, 0.717) is 46.8 Å². The minimum absolute atomic E-state index is 0.0585. The Kier molecular flexibility index (Phi) is 7.13. The average Bonchev–Trinajstić information content (AvgIpc) is 2.67. The van der Waals surface area contributed by atoms with E-state index in [-0.39, 0.29) is 11.5 Å². The predicted octanol–water partition coefficient (Wildman–Crippen LogP) is 3.03. The molecule has 0 aliphatic carbocycles. The van der Waals surface area contributed by atoms with Crippen molar-refractivity contribution < 1.29 is 9.53 Å². The van der Waals surface area contributed by atoms with Crippen LogP contribution in [0.15, 0.2) is 34.2 Å². The predicted molar refractivity (Wildman–Crippen MR) is 113 cm³/mol. The lowest BCUT2D eigenvalue weighted by Crippen LogP contribution is -2.43. The summed E-state index contributed by atoms with van der Waals surface area (Å²) in [4.78, 5) is 32.3. The lowest BCUT2D eigenvalue weighted by Gasteiger charge is -2.35. The molecular weight excluding hydrogens is 374 g/mol. The second kappa shape index (κ2) is 9.56. The van der Waals surface area contributed by atoms with Crippen LogP contribution < -0.4 is 5.56 Å². The van der Waals surface area contributed by atoms with Crippen LogP contribution in [0, 0.1) is 11.8 Å². The molecule has 28 heavy (non-hydrogen) atoms. The quantitative estimate of drug-likeness (QED) is 0.404. The van der Waals surface area contributed by atoms with Crippen LogP contribution in [0.4, 0.5) is 0 Å². The highest BCUT2D eigenvalue weighted by molar-refractivity contribution is 7.99. The Morgan fingerprint density at radius 3 is 2.68 bits per heavy atom. The van der Waals surface area contributed by atoms with Crippen LogP contribution in [0.5, 0.6) is 0 Å². The number of ether oxygens (including phenoxy) is 1. The second-order valence-electron chi connectivity index (χ2n) is 7.75. The van der Waals surface area contributed by atoms with Crippen molar-refractivity contribution in [3.8, 4) is 0 Å². The number of para-hydroxylation sites is 1. The summed E-state index contributed by atoms with van der Waals surface area (Å²) in [6.07, 6.45) is 1.89. The molecule has 1 aliphatic heterocycles. The van der Waals surface area contributed by atoms with E-state index in [1.165, 1.54) is 18.2 Å². The molecule has 2 aromatic rings. The van der Waals surface area contributed by atoms with Gasteiger partial charge in [0.1, 0.15) is 0 Å². The Morgan fingerprint density at radius 1 is 1.25 bits per heavy atom. The van der Waals surface area contributed by atoms with Gasteiger partial charge in [0.25, 0.3) is 5.56 Å². The lowest BCUT2D eigenvalue weighted by molar-refractivity contribution is -0.130. The van der Waals surface area contributed by atoms with Crippen molar-refractivity contribution in [2.45, 2.75) is 38.4 Å². The number of rotatable bonds is 7. The van der Waals surface area contributed by atoms with E-state index in [2.05, 4.69) is 18.8 Å². The summed E-state index contributed by atoms with van der Waals surface area (Å²) in [6.45, 7) is 7.12. The van der Waals surface area contributed by atoms with E-state index >= 15 is 0 Å². The number of amides is 1. The Hall–Kier alpha value is -1.86. The third kappa shape index (κ3) is 4.94. The minimum atomic E-state index is -0.0585. The van der Waals surface area contributed by atoms with Crippen LogP contribution in [-0.4, -0.2) is 52.9 Å². The largest absolute Gasteiger partial charge is 0.385 e. The molecule has 6 nitrogen and oxygen atoms in total. The Bertz CT molecular complexity index is 873. The third-order valence-electron chi connectivity index (χ3n) is 5.10. The monoisotopic (exact) mass is 403 g/mol. The number of carbonyl (C=O) groups excluding carboxylic acids is 1. The molecule has 0 N–H and O–H groups in total. The summed E-state index contributed by atoms with van der Waals surface area (Å²) in [6, 6.07) is 7.36. The van der Waals surface area contributed by atoms with Crippen molar-refractivity contribution in [2.75, 3.05) is 32.6 Å². The van der Waals surface area contributed by atoms with E-state index in [0.717, 1.165) is 19.5 Å². The van der Waals surface area contributed by atoms with Crippen molar-refractivity contribution >= 4 is 28.6 Å². The molecule has 7 heteroatoms. The van der Waals surface area contributed by atoms with Crippen LogP contribution in [0.25, 0.3) is 10.9 Å². The van der Waals surface area contributed by atoms with E-state index in [1.54, 1.807) is 17.7 Å². The zero-order valence-corrected chi connectivity index (χ0v) is 17.7. The molecule has 1 aliphatic rings. The highest BCUT2D eigenvalue weighted by atomic mass is 32.2. The number of piperidine rings is 1. The van der Waals surface area contributed by atoms with E-state index in [4.69, 9.17) is 4.74 Å². The summed E-state index contributed by atoms with van der Waals surface area (Å²) < 4.78 is 6.81. The Morgan fingerprint density at radius 2 is 1.96 bits per heavy atom. The normalized spacial score (nSPS) is 19.9. The molecule has 1 aromatic heterocycles. The Balaban J connectivity index is 1.79. The number of fused-ring (bicyclic) bond motifs is 1. The fraction of sp³-hybridized carbons (Fsp3) is 0.571. The van der Waals surface area contributed by atoms with Crippen molar-refractivity contribution in [3.05, 3.63) is 34.6 Å². The number of thioether (sulfide) groups is 1. The van der Waals surface area contributed by atoms with Crippen molar-refractivity contribution in [1.82, 2.24) is 14.5 Å². The van der Waals surface area contributed by atoms with Gasteiger partial charge in [0.05, 0.1) is 16.7 Å². The van der Waals surface area contributed by atoms with Gasteiger partial charge in [-0.05, 0) is 36.8 Å². The zero-order chi connectivity index (χ0) is 20.1. The van der Waals surface area contributed by atoms with Crippen molar-refractivity contribution in [1.29, 1.82) is 0 Å². The third-order valence-corrected chi connectivity index (χ3v) is 6.06. The summed E-state index contributed by atoms with van der Waals surface area (Å²) in [5.74, 6) is 1.48. The highest BCUT2D eigenvalue weighted by Gasteiger charge is 2.25. The van der Waals surface area contributed by atoms with Gasteiger partial charge in [-0.15, -0.1) is 0 Å². The first-order valence-corrected chi connectivity index (χ1v) is 10.9. The van der Waals surface area contributed by atoms with Gasteiger partial charge >= 0.3 is 0 Å².